The van der Waals surface area contributed by atoms with Gasteiger partial charge in [0.05, 0.1) is 0 Å². The molecule has 2 aromatic carbocycles. The Morgan fingerprint density at radius 1 is 0.952 bits per heavy atom. The largest absolute Gasteiger partial charge is 0.544 e. The third-order valence-corrected chi connectivity index (χ3v) is 3.71. The van der Waals surface area contributed by atoms with Crippen molar-refractivity contribution < 1.29 is 9.16 Å². The van der Waals surface area contributed by atoms with Crippen molar-refractivity contribution in [2.75, 3.05) is 0 Å². The summed E-state index contributed by atoms with van der Waals surface area (Å²) >= 11 is 0. The highest BCUT2D eigenvalue weighted by Gasteiger charge is 2.17. The Labute approximate surface area is 128 Å². The van der Waals surface area contributed by atoms with Gasteiger partial charge in [-0.05, 0) is 49.5 Å². The van der Waals surface area contributed by atoms with E-state index in [4.69, 9.17) is 9.16 Å². The highest BCUT2D eigenvalue weighted by atomic mass is 28.4. The van der Waals surface area contributed by atoms with Crippen molar-refractivity contribution in [3.8, 4) is 5.75 Å². The second kappa shape index (κ2) is 6.63. The monoisotopic (exact) mass is 298 g/mol. The molecular formula is C18H22O2Si. The zero-order valence-corrected chi connectivity index (χ0v) is 13.9. The maximum Gasteiger partial charge on any atom is 0.242 e. The molecule has 2 aromatic rings. The molecule has 0 fully saturated rings. The molecule has 2 nitrogen and oxygen atoms in total. The number of benzene rings is 2. The summed E-state index contributed by atoms with van der Waals surface area (Å²) in [4.78, 5) is 0. The molecule has 0 atom stereocenters. The predicted molar refractivity (Wildman–Crippen MR) is 90.7 cm³/mol. The van der Waals surface area contributed by atoms with Crippen LogP contribution in [0.5, 0.6) is 5.75 Å². The van der Waals surface area contributed by atoms with Gasteiger partial charge in [0.25, 0.3) is 0 Å². The van der Waals surface area contributed by atoms with Crippen LogP contribution in [0.4, 0.5) is 0 Å². The van der Waals surface area contributed by atoms with Crippen LogP contribution in [0.15, 0.2) is 61.2 Å². The molecule has 21 heavy (non-hydrogen) atoms. The average Bonchev–Trinajstić information content (AvgIpc) is 2.45. The van der Waals surface area contributed by atoms with Crippen LogP contribution in [0.25, 0.3) is 5.76 Å². The summed E-state index contributed by atoms with van der Waals surface area (Å²) < 4.78 is 11.7. The second-order valence-electron chi connectivity index (χ2n) is 5.94. The fourth-order valence-electron chi connectivity index (χ4n) is 1.91. The van der Waals surface area contributed by atoms with Crippen molar-refractivity contribution in [3.05, 3.63) is 72.3 Å². The van der Waals surface area contributed by atoms with Gasteiger partial charge in [-0.25, -0.2) is 0 Å². The predicted octanol–water partition coefficient (Wildman–Crippen LogP) is 5.09. The van der Waals surface area contributed by atoms with E-state index in [9.17, 15) is 0 Å². The van der Waals surface area contributed by atoms with Crippen LogP contribution in [0.3, 0.4) is 0 Å². The van der Waals surface area contributed by atoms with Gasteiger partial charge in [-0.3, -0.25) is 0 Å². The third kappa shape index (κ3) is 5.12. The molecule has 0 aliphatic carbocycles. The molecule has 0 saturated heterocycles. The fraction of sp³-hybridized carbons (Fsp3) is 0.222. The van der Waals surface area contributed by atoms with E-state index in [0.717, 1.165) is 22.6 Å². The van der Waals surface area contributed by atoms with Gasteiger partial charge in [0.15, 0.2) is 0 Å². The molecule has 0 saturated carbocycles. The maximum absolute atomic E-state index is 5.90. The van der Waals surface area contributed by atoms with Crippen LogP contribution in [0, 0.1) is 0 Å². The molecule has 0 radical (unpaired) electrons. The highest BCUT2D eigenvalue weighted by molar-refractivity contribution is 6.70. The summed E-state index contributed by atoms with van der Waals surface area (Å²) in [5.41, 5.74) is 2.16. The van der Waals surface area contributed by atoms with E-state index in [1.165, 1.54) is 0 Å². The minimum atomic E-state index is -1.61. The van der Waals surface area contributed by atoms with E-state index < -0.39 is 8.32 Å². The van der Waals surface area contributed by atoms with E-state index in [1.54, 1.807) is 0 Å². The Kier molecular flexibility index (Phi) is 4.86. The molecule has 0 N–H and O–H groups in total. The van der Waals surface area contributed by atoms with Gasteiger partial charge in [-0.15, -0.1) is 0 Å². The van der Waals surface area contributed by atoms with Crippen molar-refractivity contribution in [1.82, 2.24) is 0 Å². The number of hydrogen-bond acceptors (Lipinski definition) is 2. The summed E-state index contributed by atoms with van der Waals surface area (Å²) in [5, 5.41) is 0. The summed E-state index contributed by atoms with van der Waals surface area (Å²) in [7, 11) is -1.61. The Bertz CT molecular complexity index is 583. The van der Waals surface area contributed by atoms with Crippen LogP contribution in [0.2, 0.25) is 19.6 Å². The first-order chi connectivity index (χ1) is 9.94. The lowest BCUT2D eigenvalue weighted by Crippen LogP contribution is -2.24. The standard InChI is InChI=1S/C18H22O2Si/c1-15(20-21(2,3)4)17-10-12-18(13-11-17)19-14-16-8-6-5-7-9-16/h5-13H,1,14H2,2-4H3. The van der Waals surface area contributed by atoms with Gasteiger partial charge in [-0.2, -0.15) is 0 Å². The molecule has 0 aromatic heterocycles. The molecule has 2 rings (SSSR count). The van der Waals surface area contributed by atoms with Crippen molar-refractivity contribution in [2.24, 2.45) is 0 Å². The second-order valence-corrected chi connectivity index (χ2v) is 10.4. The van der Waals surface area contributed by atoms with E-state index in [-0.39, 0.29) is 0 Å². The lowest BCUT2D eigenvalue weighted by atomic mass is 10.2. The summed E-state index contributed by atoms with van der Waals surface area (Å²) in [6, 6.07) is 18.0. The van der Waals surface area contributed by atoms with E-state index in [2.05, 4.69) is 38.4 Å². The van der Waals surface area contributed by atoms with Gasteiger partial charge in [0, 0.05) is 5.56 Å². The Hall–Kier alpha value is -2.00. The molecule has 0 aliphatic heterocycles. The van der Waals surface area contributed by atoms with Gasteiger partial charge in [-0.1, -0.05) is 36.9 Å². The Balaban J connectivity index is 1.94. The number of ether oxygens (including phenoxy) is 1. The molecular weight excluding hydrogens is 276 g/mol. The van der Waals surface area contributed by atoms with Gasteiger partial charge >= 0.3 is 0 Å². The normalized spacial score (nSPS) is 11.0. The van der Waals surface area contributed by atoms with Gasteiger partial charge in [0.2, 0.25) is 8.32 Å². The minimum absolute atomic E-state index is 0.576. The molecule has 0 spiro atoms. The molecule has 110 valence electrons. The minimum Gasteiger partial charge on any atom is -0.544 e. The summed E-state index contributed by atoms with van der Waals surface area (Å²) in [6.07, 6.45) is 0. The summed E-state index contributed by atoms with van der Waals surface area (Å²) in [6.45, 7) is 11.0. The third-order valence-electron chi connectivity index (χ3n) is 2.85. The fourth-order valence-corrected chi connectivity index (χ4v) is 2.76. The molecule has 0 heterocycles. The lowest BCUT2D eigenvalue weighted by molar-refractivity contribution is 0.306. The van der Waals surface area contributed by atoms with Crippen LogP contribution >= 0.6 is 0 Å². The molecule has 0 unspecified atom stereocenters. The zero-order chi connectivity index (χ0) is 15.3. The van der Waals surface area contributed by atoms with Crippen LogP contribution in [-0.2, 0) is 11.0 Å². The zero-order valence-electron chi connectivity index (χ0n) is 12.9. The van der Waals surface area contributed by atoms with E-state index >= 15 is 0 Å². The van der Waals surface area contributed by atoms with Crippen molar-refractivity contribution in [3.63, 3.8) is 0 Å². The van der Waals surface area contributed by atoms with Gasteiger partial charge < -0.3 is 9.16 Å². The number of hydrogen-bond donors (Lipinski definition) is 0. The van der Waals surface area contributed by atoms with E-state index in [0.29, 0.717) is 6.61 Å². The topological polar surface area (TPSA) is 18.5 Å². The van der Waals surface area contributed by atoms with Crippen molar-refractivity contribution in [1.29, 1.82) is 0 Å². The first-order valence-electron chi connectivity index (χ1n) is 7.09. The number of rotatable bonds is 6. The van der Waals surface area contributed by atoms with E-state index in [1.807, 2.05) is 42.5 Å². The summed E-state index contributed by atoms with van der Waals surface area (Å²) in [5.74, 6) is 1.59. The van der Waals surface area contributed by atoms with Gasteiger partial charge in [0.1, 0.15) is 18.1 Å². The SMILES string of the molecule is C=C(O[Si](C)(C)C)c1ccc(OCc2ccccc2)cc1. The van der Waals surface area contributed by atoms with Crippen molar-refractivity contribution >= 4 is 14.1 Å². The van der Waals surface area contributed by atoms with Crippen LogP contribution in [-0.4, -0.2) is 8.32 Å². The van der Waals surface area contributed by atoms with Crippen LogP contribution in [0.1, 0.15) is 11.1 Å². The quantitative estimate of drug-likeness (QED) is 0.546. The molecule has 3 heteroatoms. The Morgan fingerprint density at radius 2 is 1.57 bits per heavy atom. The molecule has 0 amide bonds. The van der Waals surface area contributed by atoms with Crippen LogP contribution < -0.4 is 4.74 Å². The highest BCUT2D eigenvalue weighted by Crippen LogP contribution is 2.22. The maximum atomic E-state index is 5.90. The first-order valence-corrected chi connectivity index (χ1v) is 10.5. The smallest absolute Gasteiger partial charge is 0.242 e. The first kappa shape index (κ1) is 15.4. The average molecular weight is 298 g/mol. The molecule has 0 aliphatic rings. The molecule has 0 bridgehead atoms. The Morgan fingerprint density at radius 3 is 2.14 bits per heavy atom. The lowest BCUT2D eigenvalue weighted by Gasteiger charge is -2.21. The van der Waals surface area contributed by atoms with Crippen molar-refractivity contribution in [2.45, 2.75) is 26.2 Å².